The summed E-state index contributed by atoms with van der Waals surface area (Å²) in [5.41, 5.74) is -0.592. The van der Waals surface area contributed by atoms with Crippen LogP contribution in [0.1, 0.15) is 39.2 Å². The fraction of sp³-hybridized carbons (Fsp3) is 0.682. The van der Waals surface area contributed by atoms with Crippen LogP contribution in [0.15, 0.2) is 24.3 Å². The molecule has 1 amide bonds. The van der Waals surface area contributed by atoms with Gasteiger partial charge < -0.3 is 9.47 Å². The fourth-order valence-electron chi connectivity index (χ4n) is 3.91. The van der Waals surface area contributed by atoms with Crippen molar-refractivity contribution < 1.29 is 44.1 Å². The Kier molecular flexibility index (Phi) is 7.95. The van der Waals surface area contributed by atoms with Gasteiger partial charge in [0.1, 0.15) is 23.4 Å². The summed E-state index contributed by atoms with van der Waals surface area (Å²) in [6.07, 6.45) is 0.259. The minimum atomic E-state index is -4.16. The van der Waals surface area contributed by atoms with Crippen molar-refractivity contribution in [2.75, 3.05) is 26.5 Å². The molecule has 1 aromatic rings. The van der Waals surface area contributed by atoms with Gasteiger partial charge in [0.25, 0.3) is 16.0 Å². The van der Waals surface area contributed by atoms with E-state index in [9.17, 15) is 21.6 Å². The Labute approximate surface area is 210 Å². The van der Waals surface area contributed by atoms with E-state index < -0.39 is 68.2 Å². The fourth-order valence-corrected chi connectivity index (χ4v) is 6.29. The smallest absolute Gasteiger partial charge is 0.410 e. The van der Waals surface area contributed by atoms with Crippen LogP contribution >= 0.6 is 0 Å². The summed E-state index contributed by atoms with van der Waals surface area (Å²) in [5.74, 6) is -3.34. The lowest BCUT2D eigenvalue weighted by molar-refractivity contribution is -0.0777. The summed E-state index contributed by atoms with van der Waals surface area (Å²) in [6, 6.07) is 2.26. The molecule has 1 aliphatic carbocycles. The summed E-state index contributed by atoms with van der Waals surface area (Å²) in [4.78, 5) is 13.5. The van der Waals surface area contributed by atoms with Gasteiger partial charge in [0, 0.05) is 13.1 Å². The van der Waals surface area contributed by atoms with Crippen molar-refractivity contribution in [2.45, 2.75) is 69.0 Å². The van der Waals surface area contributed by atoms with Crippen LogP contribution in [0.5, 0.6) is 5.75 Å². The lowest BCUT2D eigenvalue weighted by Crippen LogP contribution is -2.53. The van der Waals surface area contributed by atoms with Gasteiger partial charge >= 0.3 is 6.09 Å². The number of nitrogens with zero attached hydrogens (tertiary/aromatic N) is 2. The molecule has 1 aliphatic heterocycles. The molecule has 0 radical (unpaired) electrons. The van der Waals surface area contributed by atoms with Crippen molar-refractivity contribution in [1.29, 1.82) is 0 Å². The quantitative estimate of drug-likeness (QED) is 0.428. The summed E-state index contributed by atoms with van der Waals surface area (Å²) in [7, 11) is -6.83. The van der Waals surface area contributed by atoms with Crippen LogP contribution in [0, 0.1) is 0 Å². The number of alkyl halides is 2. The standard InChI is InChI=1S/C22H32F2N2O8S2/c1-21(2,3)34-20(27)25-13-18(22(23,24)19(25)14-33-35(5,28)29)26(36(30,31)17-10-11-17)12-15-6-8-16(32-4)9-7-15/h6-9,17-19H,10-14H2,1-5H3/t18-,19-/m1/s1. The summed E-state index contributed by atoms with van der Waals surface area (Å²) in [6.45, 7) is 2.51. The number of sulfonamides is 1. The molecule has 1 saturated carbocycles. The van der Waals surface area contributed by atoms with Crippen molar-refractivity contribution in [3.8, 4) is 5.75 Å². The highest BCUT2D eigenvalue weighted by molar-refractivity contribution is 7.90. The zero-order valence-corrected chi connectivity index (χ0v) is 22.4. The molecule has 0 spiro atoms. The molecule has 14 heteroatoms. The maximum Gasteiger partial charge on any atom is 0.410 e. The third kappa shape index (κ3) is 6.64. The number of amides is 1. The number of methoxy groups -OCH3 is 1. The first-order chi connectivity index (χ1) is 16.5. The number of likely N-dealkylation sites (tertiary alicyclic amines) is 1. The van der Waals surface area contributed by atoms with Crippen molar-refractivity contribution in [3.63, 3.8) is 0 Å². The van der Waals surface area contributed by atoms with E-state index in [1.807, 2.05) is 0 Å². The van der Waals surface area contributed by atoms with E-state index >= 15 is 8.78 Å². The number of carbonyl (C=O) groups excluding carboxylic acids is 1. The van der Waals surface area contributed by atoms with Crippen molar-refractivity contribution in [1.82, 2.24) is 9.21 Å². The molecule has 2 aliphatic rings. The minimum absolute atomic E-state index is 0.343. The first kappa shape index (κ1) is 28.5. The first-order valence-corrected chi connectivity index (χ1v) is 14.6. The van der Waals surface area contributed by atoms with Gasteiger partial charge in [-0.05, 0) is 51.3 Å². The Morgan fingerprint density at radius 2 is 1.72 bits per heavy atom. The molecule has 0 bridgehead atoms. The van der Waals surface area contributed by atoms with Gasteiger partial charge in [-0.15, -0.1) is 0 Å². The number of hydrogen-bond donors (Lipinski definition) is 0. The maximum atomic E-state index is 15.9. The zero-order valence-electron chi connectivity index (χ0n) is 20.8. The van der Waals surface area contributed by atoms with E-state index in [-0.39, 0.29) is 6.54 Å². The maximum absolute atomic E-state index is 15.9. The predicted octanol–water partition coefficient (Wildman–Crippen LogP) is 2.59. The Hall–Kier alpha value is -2.03. The Balaban J connectivity index is 2.01. The second-order valence-corrected chi connectivity index (χ2v) is 13.8. The molecule has 36 heavy (non-hydrogen) atoms. The lowest BCUT2D eigenvalue weighted by Gasteiger charge is -2.32. The molecular weight excluding hydrogens is 522 g/mol. The molecule has 10 nitrogen and oxygen atoms in total. The summed E-state index contributed by atoms with van der Waals surface area (Å²) in [5, 5.41) is -0.798. The Morgan fingerprint density at radius 3 is 2.19 bits per heavy atom. The number of halogens is 2. The van der Waals surface area contributed by atoms with E-state index in [4.69, 9.17) is 9.47 Å². The molecule has 1 aromatic carbocycles. The second kappa shape index (κ2) is 10.0. The molecular formula is C22H32F2N2O8S2. The van der Waals surface area contributed by atoms with Gasteiger partial charge in [-0.1, -0.05) is 12.1 Å². The van der Waals surface area contributed by atoms with Gasteiger partial charge in [-0.25, -0.2) is 22.0 Å². The Morgan fingerprint density at radius 1 is 1.14 bits per heavy atom. The number of hydrogen-bond acceptors (Lipinski definition) is 8. The van der Waals surface area contributed by atoms with Crippen LogP contribution in [-0.2, 0) is 35.6 Å². The highest BCUT2D eigenvalue weighted by atomic mass is 32.2. The van der Waals surface area contributed by atoms with Crippen molar-refractivity contribution in [3.05, 3.63) is 29.8 Å². The van der Waals surface area contributed by atoms with Crippen LogP contribution in [0.3, 0.4) is 0 Å². The molecule has 0 aromatic heterocycles. The molecule has 1 saturated heterocycles. The largest absolute Gasteiger partial charge is 0.497 e. The predicted molar refractivity (Wildman–Crippen MR) is 127 cm³/mol. The topological polar surface area (TPSA) is 120 Å². The van der Waals surface area contributed by atoms with Gasteiger partial charge in [0.2, 0.25) is 10.0 Å². The van der Waals surface area contributed by atoms with E-state index in [1.54, 1.807) is 45.0 Å². The molecule has 2 atom stereocenters. The third-order valence-electron chi connectivity index (χ3n) is 5.82. The highest BCUT2D eigenvalue weighted by Gasteiger charge is 2.63. The van der Waals surface area contributed by atoms with E-state index in [0.29, 0.717) is 35.3 Å². The highest BCUT2D eigenvalue weighted by Crippen LogP contribution is 2.43. The van der Waals surface area contributed by atoms with E-state index in [2.05, 4.69) is 4.18 Å². The molecule has 0 unspecified atom stereocenters. The van der Waals surface area contributed by atoms with Crippen LogP contribution in [-0.4, -0.2) is 87.5 Å². The van der Waals surface area contributed by atoms with Gasteiger partial charge in [0.05, 0.1) is 25.2 Å². The zero-order chi connectivity index (χ0) is 27.1. The summed E-state index contributed by atoms with van der Waals surface area (Å²) < 4.78 is 97.3. The molecule has 0 N–H and O–H groups in total. The van der Waals surface area contributed by atoms with Crippen LogP contribution < -0.4 is 4.74 Å². The minimum Gasteiger partial charge on any atom is -0.497 e. The molecule has 1 heterocycles. The molecule has 3 rings (SSSR count). The average Bonchev–Trinajstić information content (AvgIpc) is 3.55. The van der Waals surface area contributed by atoms with Gasteiger partial charge in [-0.3, -0.25) is 9.08 Å². The van der Waals surface area contributed by atoms with Gasteiger partial charge in [0.15, 0.2) is 0 Å². The SMILES string of the molecule is COc1ccc(CN([C@@H]2CN(C(=O)OC(C)(C)C)[C@H](COS(C)(=O)=O)C2(F)F)S(=O)(=O)C2CC2)cc1. The number of benzene rings is 1. The Bertz CT molecular complexity index is 1160. The average molecular weight is 555 g/mol. The van der Waals surface area contributed by atoms with Crippen molar-refractivity contribution in [2.24, 2.45) is 0 Å². The van der Waals surface area contributed by atoms with Gasteiger partial charge in [-0.2, -0.15) is 12.7 Å². The van der Waals surface area contributed by atoms with E-state index in [1.165, 1.54) is 7.11 Å². The van der Waals surface area contributed by atoms with Crippen molar-refractivity contribution >= 4 is 26.2 Å². The normalized spacial score (nSPS) is 22.6. The summed E-state index contributed by atoms with van der Waals surface area (Å²) >= 11 is 0. The molecule has 2 fully saturated rings. The monoisotopic (exact) mass is 554 g/mol. The molecule has 204 valence electrons. The van der Waals surface area contributed by atoms with Crippen LogP contribution in [0.4, 0.5) is 13.6 Å². The van der Waals surface area contributed by atoms with Crippen LogP contribution in [0.25, 0.3) is 0 Å². The first-order valence-electron chi connectivity index (χ1n) is 11.3. The number of carbonyl (C=O) groups is 1. The lowest BCUT2D eigenvalue weighted by atomic mass is 10.1. The van der Waals surface area contributed by atoms with E-state index in [0.717, 1.165) is 4.31 Å². The second-order valence-electron chi connectivity index (χ2n) is 9.97. The number of rotatable bonds is 9. The number of ether oxygens (including phenoxy) is 2. The third-order valence-corrected chi connectivity index (χ3v) is 8.74. The van der Waals surface area contributed by atoms with Crippen LogP contribution in [0.2, 0.25) is 0 Å².